The Kier molecular flexibility index (Phi) is 8.88. The monoisotopic (exact) mass is 596 g/mol. The molecule has 0 radical (unpaired) electrons. The fraction of sp³-hybridized carbons (Fsp3) is 0.441. The molecule has 44 heavy (non-hydrogen) atoms. The summed E-state index contributed by atoms with van der Waals surface area (Å²) < 4.78 is 5.90. The van der Waals surface area contributed by atoms with Crippen LogP contribution in [0.5, 0.6) is 5.75 Å². The first kappa shape index (κ1) is 29.7. The molecule has 1 unspecified atom stereocenters. The number of nitrogens with zero attached hydrogens (tertiary/aromatic N) is 4. The maximum atomic E-state index is 13.0. The van der Waals surface area contributed by atoms with E-state index in [0.717, 1.165) is 49.4 Å². The number of fused-ring (bicyclic) bond motifs is 1. The van der Waals surface area contributed by atoms with Gasteiger partial charge in [0.2, 0.25) is 17.8 Å². The van der Waals surface area contributed by atoms with Crippen molar-refractivity contribution in [1.29, 1.82) is 0 Å². The molecular formula is C34H40N6O4. The normalized spacial score (nSPS) is 19.3. The van der Waals surface area contributed by atoms with E-state index in [4.69, 9.17) is 4.74 Å². The van der Waals surface area contributed by atoms with Crippen LogP contribution in [0.3, 0.4) is 0 Å². The first-order chi connectivity index (χ1) is 21.3. The van der Waals surface area contributed by atoms with Crippen LogP contribution in [0.25, 0.3) is 0 Å². The van der Waals surface area contributed by atoms with Gasteiger partial charge in [0.05, 0.1) is 6.54 Å². The third-order valence-corrected chi connectivity index (χ3v) is 8.93. The molecule has 0 saturated carbocycles. The third kappa shape index (κ3) is 6.75. The van der Waals surface area contributed by atoms with Crippen LogP contribution in [0, 0.1) is 0 Å². The van der Waals surface area contributed by atoms with Gasteiger partial charge < -0.3 is 15.0 Å². The third-order valence-electron chi connectivity index (χ3n) is 8.93. The molecule has 3 aromatic rings. The first-order valence-corrected chi connectivity index (χ1v) is 15.6. The van der Waals surface area contributed by atoms with Gasteiger partial charge in [0.15, 0.2) is 0 Å². The summed E-state index contributed by atoms with van der Waals surface area (Å²) in [6.07, 6.45) is 6.48. The SMILES string of the molecule is CC(C)c1cnc(NCCOc2ccc(CN3CCC(c4ccc5c(c4)CN(C4CCC(=O)NC4=O)C5=O)CC3)cc2)nc1. The predicted molar refractivity (Wildman–Crippen MR) is 166 cm³/mol. The van der Waals surface area contributed by atoms with E-state index in [1.54, 1.807) is 4.90 Å². The van der Waals surface area contributed by atoms with Gasteiger partial charge in [0.25, 0.3) is 5.91 Å². The Morgan fingerprint density at radius 2 is 1.75 bits per heavy atom. The van der Waals surface area contributed by atoms with Crippen LogP contribution >= 0.6 is 0 Å². The summed E-state index contributed by atoms with van der Waals surface area (Å²) in [6.45, 7) is 8.72. The van der Waals surface area contributed by atoms with Crippen molar-refractivity contribution in [3.05, 3.63) is 82.7 Å². The van der Waals surface area contributed by atoms with Gasteiger partial charge >= 0.3 is 0 Å². The Labute approximate surface area is 258 Å². The lowest BCUT2D eigenvalue weighted by molar-refractivity contribution is -0.136. The van der Waals surface area contributed by atoms with Crippen LogP contribution in [0.4, 0.5) is 5.95 Å². The van der Waals surface area contributed by atoms with Crippen LogP contribution < -0.4 is 15.4 Å². The van der Waals surface area contributed by atoms with Gasteiger partial charge in [-0.15, -0.1) is 0 Å². The van der Waals surface area contributed by atoms with Crippen LogP contribution in [0.2, 0.25) is 0 Å². The Morgan fingerprint density at radius 3 is 2.45 bits per heavy atom. The number of rotatable bonds is 10. The molecule has 2 saturated heterocycles. The number of amides is 3. The van der Waals surface area contributed by atoms with E-state index in [-0.39, 0.29) is 24.1 Å². The van der Waals surface area contributed by atoms with Crippen LogP contribution in [-0.2, 0) is 22.7 Å². The molecule has 0 bridgehead atoms. The molecule has 2 N–H and O–H groups in total. The average Bonchev–Trinajstić information content (AvgIpc) is 3.35. The van der Waals surface area contributed by atoms with Crippen molar-refractivity contribution in [2.24, 2.45) is 0 Å². The number of aromatic nitrogens is 2. The van der Waals surface area contributed by atoms with E-state index in [1.165, 1.54) is 11.1 Å². The molecule has 0 spiro atoms. The molecule has 3 aliphatic rings. The molecule has 2 aromatic carbocycles. The van der Waals surface area contributed by atoms with Gasteiger partial charge in [-0.2, -0.15) is 0 Å². The molecule has 4 heterocycles. The number of carbonyl (C=O) groups is 3. The number of nitrogens with one attached hydrogen (secondary N) is 2. The zero-order valence-electron chi connectivity index (χ0n) is 25.4. The molecule has 10 nitrogen and oxygen atoms in total. The average molecular weight is 597 g/mol. The van der Waals surface area contributed by atoms with Crippen molar-refractivity contribution in [3.8, 4) is 5.75 Å². The van der Waals surface area contributed by atoms with Crippen molar-refractivity contribution in [2.75, 3.05) is 31.6 Å². The summed E-state index contributed by atoms with van der Waals surface area (Å²) in [5, 5.41) is 5.57. The Hall–Kier alpha value is -4.31. The highest BCUT2D eigenvalue weighted by atomic mass is 16.5. The van der Waals surface area contributed by atoms with E-state index in [0.29, 0.717) is 49.5 Å². The first-order valence-electron chi connectivity index (χ1n) is 15.6. The Morgan fingerprint density at radius 1 is 1.00 bits per heavy atom. The zero-order valence-corrected chi connectivity index (χ0v) is 25.4. The van der Waals surface area contributed by atoms with Crippen LogP contribution in [0.1, 0.15) is 84.0 Å². The predicted octanol–water partition coefficient (Wildman–Crippen LogP) is 4.23. The van der Waals surface area contributed by atoms with Gasteiger partial charge in [-0.05, 0) is 84.6 Å². The second-order valence-electron chi connectivity index (χ2n) is 12.3. The van der Waals surface area contributed by atoms with Crippen LogP contribution in [-0.4, -0.2) is 69.8 Å². The summed E-state index contributed by atoms with van der Waals surface area (Å²) >= 11 is 0. The number of ether oxygens (including phenoxy) is 1. The molecule has 6 rings (SSSR count). The summed E-state index contributed by atoms with van der Waals surface area (Å²) in [4.78, 5) is 49.8. The molecule has 0 aliphatic carbocycles. The fourth-order valence-electron chi connectivity index (χ4n) is 6.28. The zero-order chi connectivity index (χ0) is 30.6. The van der Waals surface area contributed by atoms with Crippen molar-refractivity contribution in [3.63, 3.8) is 0 Å². The number of hydrogen-bond acceptors (Lipinski definition) is 8. The largest absolute Gasteiger partial charge is 0.492 e. The van der Waals surface area contributed by atoms with Gasteiger partial charge in [0, 0.05) is 37.5 Å². The summed E-state index contributed by atoms with van der Waals surface area (Å²) in [6, 6.07) is 13.9. The number of hydrogen-bond donors (Lipinski definition) is 2. The minimum atomic E-state index is -0.579. The number of benzene rings is 2. The molecule has 1 atom stereocenters. The summed E-state index contributed by atoms with van der Waals surface area (Å²) in [5.74, 6) is 1.55. The lowest BCUT2D eigenvalue weighted by Gasteiger charge is -2.32. The number of piperidine rings is 2. The maximum absolute atomic E-state index is 13.0. The molecular weight excluding hydrogens is 556 g/mol. The minimum Gasteiger partial charge on any atom is -0.492 e. The highest BCUT2D eigenvalue weighted by Gasteiger charge is 2.39. The Balaban J connectivity index is 0.942. The number of imide groups is 1. The van der Waals surface area contributed by atoms with Crippen molar-refractivity contribution in [2.45, 2.75) is 70.5 Å². The van der Waals surface area contributed by atoms with Gasteiger partial charge in [-0.1, -0.05) is 38.1 Å². The number of carbonyl (C=O) groups excluding carboxylic acids is 3. The highest BCUT2D eigenvalue weighted by molar-refractivity contribution is 6.05. The van der Waals surface area contributed by atoms with Crippen molar-refractivity contribution in [1.82, 2.24) is 25.1 Å². The molecule has 10 heteroatoms. The molecule has 1 aromatic heterocycles. The van der Waals surface area contributed by atoms with E-state index in [1.807, 2.05) is 30.6 Å². The summed E-state index contributed by atoms with van der Waals surface area (Å²) in [5.41, 5.74) is 5.29. The second-order valence-corrected chi connectivity index (χ2v) is 12.3. The standard InChI is InChI=1S/C34H40N6O4/c1-22(2)27-18-36-34(37-19-27)35-13-16-44-28-6-3-23(4-7-28)20-39-14-11-24(12-15-39)25-5-8-29-26(17-25)21-40(33(29)43)30-9-10-31(41)38-32(30)42/h3-8,17-19,22,24,30H,9-16,20-21H2,1-2H3,(H,35,36,37)(H,38,41,42). The molecule has 3 amide bonds. The second kappa shape index (κ2) is 13.1. The fourth-order valence-corrected chi connectivity index (χ4v) is 6.28. The van der Waals surface area contributed by atoms with E-state index in [9.17, 15) is 14.4 Å². The van der Waals surface area contributed by atoms with E-state index < -0.39 is 6.04 Å². The molecule has 230 valence electrons. The van der Waals surface area contributed by atoms with E-state index >= 15 is 0 Å². The molecule has 3 aliphatic heterocycles. The van der Waals surface area contributed by atoms with Crippen molar-refractivity contribution < 1.29 is 19.1 Å². The van der Waals surface area contributed by atoms with Crippen molar-refractivity contribution >= 4 is 23.7 Å². The number of anilines is 1. The maximum Gasteiger partial charge on any atom is 0.255 e. The topological polar surface area (TPSA) is 117 Å². The highest BCUT2D eigenvalue weighted by Crippen LogP contribution is 2.34. The number of likely N-dealkylation sites (tertiary alicyclic amines) is 1. The lowest BCUT2D eigenvalue weighted by atomic mass is 9.87. The quantitative estimate of drug-likeness (QED) is 0.264. The molecule has 2 fully saturated rings. The smallest absolute Gasteiger partial charge is 0.255 e. The van der Waals surface area contributed by atoms with Gasteiger partial charge in [-0.25, -0.2) is 9.97 Å². The van der Waals surface area contributed by atoms with Gasteiger partial charge in [0.1, 0.15) is 18.4 Å². The minimum absolute atomic E-state index is 0.120. The summed E-state index contributed by atoms with van der Waals surface area (Å²) in [7, 11) is 0. The van der Waals surface area contributed by atoms with Crippen LogP contribution in [0.15, 0.2) is 54.9 Å². The van der Waals surface area contributed by atoms with E-state index in [2.05, 4.69) is 63.6 Å². The van der Waals surface area contributed by atoms with Gasteiger partial charge in [-0.3, -0.25) is 24.6 Å². The Bertz CT molecular complexity index is 1500. The lowest BCUT2D eigenvalue weighted by Crippen LogP contribution is -2.52.